The first kappa shape index (κ1) is 17.3. The first-order valence-electron chi connectivity index (χ1n) is 6.62. The number of aromatic nitrogens is 2. The average molecular weight is 308 g/mol. The molecule has 0 saturated heterocycles. The highest BCUT2D eigenvalue weighted by atomic mass is 16.5. The van der Waals surface area contributed by atoms with Crippen molar-refractivity contribution in [2.75, 3.05) is 14.2 Å². The van der Waals surface area contributed by atoms with Crippen LogP contribution in [0.15, 0.2) is 30.9 Å². The van der Waals surface area contributed by atoms with Crippen LogP contribution in [-0.2, 0) is 22.5 Å². The quantitative estimate of drug-likeness (QED) is 0.570. The van der Waals surface area contributed by atoms with Crippen molar-refractivity contribution >= 4 is 11.9 Å². The third-order valence-corrected chi connectivity index (χ3v) is 2.89. The number of nitrogens with zero attached hydrogens (tertiary/aromatic N) is 2. The lowest BCUT2D eigenvalue weighted by Crippen LogP contribution is -2.16. The molecule has 1 aromatic rings. The van der Waals surface area contributed by atoms with Crippen molar-refractivity contribution in [1.82, 2.24) is 20.4 Å². The third-order valence-electron chi connectivity index (χ3n) is 2.89. The molecule has 0 radical (unpaired) electrons. The van der Waals surface area contributed by atoms with Crippen LogP contribution in [-0.4, -0.2) is 41.0 Å². The summed E-state index contributed by atoms with van der Waals surface area (Å²) < 4.78 is 6.05. The fraction of sp³-hybridized carbons (Fsp3) is 0.357. The van der Waals surface area contributed by atoms with E-state index in [1.807, 2.05) is 0 Å². The number of hydrogen-bond donors (Lipinski definition) is 3. The summed E-state index contributed by atoms with van der Waals surface area (Å²) in [7, 11) is 3.03. The van der Waals surface area contributed by atoms with Crippen LogP contribution in [0.2, 0.25) is 0 Å². The Balaban J connectivity index is 2.90. The molecule has 0 amide bonds. The van der Waals surface area contributed by atoms with Crippen LogP contribution in [0.25, 0.3) is 0 Å². The normalized spacial score (nSPS) is 10.9. The Morgan fingerprint density at radius 1 is 1.55 bits per heavy atom. The summed E-state index contributed by atoms with van der Waals surface area (Å²) in [5, 5.41) is 19.2. The molecule has 22 heavy (non-hydrogen) atoms. The van der Waals surface area contributed by atoms with E-state index in [0.29, 0.717) is 12.2 Å². The molecule has 0 aliphatic rings. The van der Waals surface area contributed by atoms with Gasteiger partial charge in [-0.1, -0.05) is 6.58 Å². The van der Waals surface area contributed by atoms with Gasteiger partial charge in [-0.2, -0.15) is 5.10 Å². The highest BCUT2D eigenvalue weighted by Gasteiger charge is 2.17. The van der Waals surface area contributed by atoms with Crippen LogP contribution >= 0.6 is 0 Å². The smallest absolute Gasteiger partial charge is 0.339 e. The van der Waals surface area contributed by atoms with Crippen LogP contribution in [0.5, 0.6) is 0 Å². The van der Waals surface area contributed by atoms with Gasteiger partial charge in [-0.25, -0.2) is 4.79 Å². The maximum atomic E-state index is 11.3. The molecule has 0 saturated carbocycles. The van der Waals surface area contributed by atoms with E-state index >= 15 is 0 Å². The van der Waals surface area contributed by atoms with Crippen molar-refractivity contribution < 1.29 is 19.4 Å². The van der Waals surface area contributed by atoms with Crippen molar-refractivity contribution in [3.63, 3.8) is 0 Å². The standard InChI is InChI=1S/C14H20N4O4/c1-4-16-7-10(15-2)8-18-9-11(14(20)21)12(17-18)5-6-13(19)22-3/h4,7,9,15-16H,1,5-6,8H2,2-3H3,(H,20,21)/b10-7-. The van der Waals surface area contributed by atoms with E-state index < -0.39 is 11.9 Å². The topological polar surface area (TPSA) is 105 Å². The Bertz CT molecular complexity index is 577. The van der Waals surface area contributed by atoms with Gasteiger partial charge in [0.1, 0.15) is 5.56 Å². The van der Waals surface area contributed by atoms with Gasteiger partial charge in [0.2, 0.25) is 0 Å². The molecular weight excluding hydrogens is 288 g/mol. The number of carbonyl (C=O) groups excluding carboxylic acids is 1. The summed E-state index contributed by atoms with van der Waals surface area (Å²) in [4.78, 5) is 22.4. The van der Waals surface area contributed by atoms with Gasteiger partial charge in [0.05, 0.1) is 25.8 Å². The maximum absolute atomic E-state index is 11.3. The minimum atomic E-state index is -1.08. The van der Waals surface area contributed by atoms with Gasteiger partial charge in [0.15, 0.2) is 0 Å². The molecule has 1 rings (SSSR count). The van der Waals surface area contributed by atoms with Crippen molar-refractivity contribution in [2.24, 2.45) is 0 Å². The molecule has 0 atom stereocenters. The van der Waals surface area contributed by atoms with Crippen LogP contribution in [0.3, 0.4) is 0 Å². The van der Waals surface area contributed by atoms with Crippen LogP contribution in [0.4, 0.5) is 0 Å². The molecule has 0 aliphatic heterocycles. The Morgan fingerprint density at radius 3 is 2.82 bits per heavy atom. The summed E-state index contributed by atoms with van der Waals surface area (Å²) in [5.74, 6) is -1.48. The number of carboxylic acids is 1. The third kappa shape index (κ3) is 4.97. The van der Waals surface area contributed by atoms with E-state index in [1.54, 1.807) is 13.2 Å². The lowest BCUT2D eigenvalue weighted by molar-refractivity contribution is -0.140. The summed E-state index contributed by atoms with van der Waals surface area (Å²) in [6.45, 7) is 3.89. The number of aromatic carboxylic acids is 1. The lowest BCUT2D eigenvalue weighted by atomic mass is 10.1. The first-order valence-corrected chi connectivity index (χ1v) is 6.62. The van der Waals surface area contributed by atoms with Gasteiger partial charge in [-0.3, -0.25) is 9.48 Å². The van der Waals surface area contributed by atoms with Gasteiger partial charge >= 0.3 is 11.9 Å². The van der Waals surface area contributed by atoms with Gasteiger partial charge in [0.25, 0.3) is 0 Å². The first-order chi connectivity index (χ1) is 10.5. The molecule has 1 aromatic heterocycles. The van der Waals surface area contributed by atoms with E-state index in [1.165, 1.54) is 24.2 Å². The molecule has 0 aliphatic carbocycles. The highest BCUT2D eigenvalue weighted by Crippen LogP contribution is 2.11. The Labute approximate surface area is 128 Å². The Kier molecular flexibility index (Phi) is 6.68. The zero-order valence-electron chi connectivity index (χ0n) is 12.6. The predicted octanol–water partition coefficient (Wildman–Crippen LogP) is 0.481. The molecule has 0 spiro atoms. The van der Waals surface area contributed by atoms with Crippen molar-refractivity contribution in [1.29, 1.82) is 0 Å². The minimum absolute atomic E-state index is 0.0797. The second kappa shape index (κ2) is 8.50. The molecule has 0 bridgehead atoms. The number of allylic oxidation sites excluding steroid dienone is 1. The zero-order chi connectivity index (χ0) is 16.5. The molecule has 120 valence electrons. The number of aryl methyl sites for hydroxylation is 1. The van der Waals surface area contributed by atoms with E-state index in [9.17, 15) is 14.7 Å². The summed E-state index contributed by atoms with van der Waals surface area (Å²) in [6, 6.07) is 0. The molecule has 0 unspecified atom stereocenters. The van der Waals surface area contributed by atoms with Gasteiger partial charge < -0.3 is 20.5 Å². The number of likely N-dealkylation sites (N-methyl/N-ethyl adjacent to an activating group) is 1. The van der Waals surface area contributed by atoms with Crippen molar-refractivity contribution in [2.45, 2.75) is 19.4 Å². The Morgan fingerprint density at radius 2 is 2.27 bits per heavy atom. The summed E-state index contributed by atoms with van der Waals surface area (Å²) >= 11 is 0. The van der Waals surface area contributed by atoms with Gasteiger partial charge in [0, 0.05) is 31.6 Å². The largest absolute Gasteiger partial charge is 0.478 e. The molecule has 8 nitrogen and oxygen atoms in total. The van der Waals surface area contributed by atoms with Gasteiger partial charge in [-0.15, -0.1) is 0 Å². The van der Waals surface area contributed by atoms with E-state index in [2.05, 4.69) is 27.0 Å². The average Bonchev–Trinajstić information content (AvgIpc) is 2.92. The van der Waals surface area contributed by atoms with Gasteiger partial charge in [-0.05, 0) is 6.20 Å². The monoisotopic (exact) mass is 308 g/mol. The van der Waals surface area contributed by atoms with E-state index in [0.717, 1.165) is 5.70 Å². The lowest BCUT2D eigenvalue weighted by Gasteiger charge is -2.07. The number of nitrogens with one attached hydrogen (secondary N) is 2. The van der Waals surface area contributed by atoms with Crippen LogP contribution in [0, 0.1) is 0 Å². The molecule has 3 N–H and O–H groups in total. The second-order valence-electron chi connectivity index (χ2n) is 4.36. The molecule has 8 heteroatoms. The number of rotatable bonds is 9. The molecule has 1 heterocycles. The fourth-order valence-electron chi connectivity index (χ4n) is 1.76. The molecule has 0 fully saturated rings. The maximum Gasteiger partial charge on any atom is 0.339 e. The Hall–Kier alpha value is -2.77. The SMILES string of the molecule is C=CN/C=C(/Cn1cc(C(=O)O)c(CCC(=O)OC)n1)NC. The fourth-order valence-corrected chi connectivity index (χ4v) is 1.76. The van der Waals surface area contributed by atoms with Crippen LogP contribution < -0.4 is 10.6 Å². The molecular formula is C14H20N4O4. The van der Waals surface area contributed by atoms with Crippen molar-refractivity contribution in [3.8, 4) is 0 Å². The van der Waals surface area contributed by atoms with Crippen molar-refractivity contribution in [3.05, 3.63) is 42.1 Å². The predicted molar refractivity (Wildman–Crippen MR) is 80.0 cm³/mol. The summed E-state index contributed by atoms with van der Waals surface area (Å²) in [5.41, 5.74) is 1.22. The molecule has 0 aromatic carbocycles. The number of methoxy groups -OCH3 is 1. The zero-order valence-corrected chi connectivity index (χ0v) is 12.6. The van der Waals surface area contributed by atoms with E-state index in [-0.39, 0.29) is 18.4 Å². The number of esters is 1. The number of ether oxygens (including phenoxy) is 1. The highest BCUT2D eigenvalue weighted by molar-refractivity contribution is 5.88. The minimum Gasteiger partial charge on any atom is -0.478 e. The number of carbonyl (C=O) groups is 2. The number of hydrogen-bond acceptors (Lipinski definition) is 6. The number of carboxylic acid groups (broad SMARTS) is 1. The summed E-state index contributed by atoms with van der Waals surface area (Å²) in [6.07, 6.45) is 4.95. The van der Waals surface area contributed by atoms with Crippen LogP contribution in [0.1, 0.15) is 22.5 Å². The second-order valence-corrected chi connectivity index (χ2v) is 4.36. The van der Waals surface area contributed by atoms with E-state index in [4.69, 9.17) is 0 Å².